The van der Waals surface area contributed by atoms with Crippen LogP contribution in [0.3, 0.4) is 0 Å². The first-order valence-corrected chi connectivity index (χ1v) is 2.64. The van der Waals surface area contributed by atoms with Crippen molar-refractivity contribution in [3.05, 3.63) is 0 Å². The SMILES string of the molecule is N=[C](N)[La]. The standard InChI is InChI=1S/CH3N2.La/c2-1-3;/h(H3,2,3);. The summed E-state index contributed by atoms with van der Waals surface area (Å²) >= 11 is 0.546. The molecule has 3 heteroatoms. The van der Waals surface area contributed by atoms with E-state index in [1.54, 1.807) is 0 Å². The van der Waals surface area contributed by atoms with Gasteiger partial charge in [-0.25, -0.2) is 0 Å². The molecule has 0 atom stereocenters. The quantitative estimate of drug-likeness (QED) is 0.382. The minimum absolute atomic E-state index is 0.333. The third-order valence-electron chi connectivity index (χ3n) is 0. The second-order valence-corrected chi connectivity index (χ2v) is 2.41. The fourth-order valence-corrected chi connectivity index (χ4v) is 0. The van der Waals surface area contributed by atoms with Gasteiger partial charge in [0.25, 0.3) is 0 Å². The molecule has 0 rings (SSSR count). The summed E-state index contributed by atoms with van der Waals surface area (Å²) < 4.78 is 0.333. The summed E-state index contributed by atoms with van der Waals surface area (Å²) in [5, 5.41) is 6.35. The van der Waals surface area contributed by atoms with E-state index in [-0.39, 0.29) is 0 Å². The van der Waals surface area contributed by atoms with Crippen molar-refractivity contribution in [1.29, 1.82) is 5.41 Å². The van der Waals surface area contributed by atoms with Gasteiger partial charge in [0.1, 0.15) is 0 Å². The van der Waals surface area contributed by atoms with Gasteiger partial charge in [-0.05, 0) is 0 Å². The molecule has 0 radical (unpaired) electrons. The zero-order valence-corrected chi connectivity index (χ0v) is 5.78. The Kier molecular flexibility index (Phi) is 2.26. The van der Waals surface area contributed by atoms with E-state index in [9.17, 15) is 0 Å². The number of amidine groups is 1. The third kappa shape index (κ3) is 16.7. The van der Waals surface area contributed by atoms with Crippen LogP contribution in [-0.4, -0.2) is 2.24 Å². The average Bonchev–Trinajstić information content (AvgIpc) is 0.811. The van der Waals surface area contributed by atoms with Gasteiger partial charge in [-0.15, -0.1) is 0 Å². The van der Waals surface area contributed by atoms with Crippen LogP contribution in [0.1, 0.15) is 0 Å². The van der Waals surface area contributed by atoms with E-state index in [4.69, 9.17) is 11.1 Å². The summed E-state index contributed by atoms with van der Waals surface area (Å²) in [4.78, 5) is 0. The average molecular weight is 182 g/mol. The molecule has 0 aromatic heterocycles. The maximum atomic E-state index is 6.35. The van der Waals surface area contributed by atoms with Crippen molar-refractivity contribution in [2.75, 3.05) is 0 Å². The first-order valence-electron chi connectivity index (χ1n) is 0.827. The normalized spacial score (nSPS) is 5.75. The topological polar surface area (TPSA) is 49.9 Å². The molecule has 0 bridgehead atoms. The molecule has 0 fully saturated rings. The molecule has 2 nitrogen and oxygen atoms in total. The molecule has 0 unspecified atom stereocenters. The van der Waals surface area contributed by atoms with Crippen LogP contribution in [0.5, 0.6) is 0 Å². The van der Waals surface area contributed by atoms with Crippen LogP contribution in [-0.2, 0) is 0 Å². The minimum atomic E-state index is 0.333. The third-order valence-corrected chi connectivity index (χ3v) is 0. The van der Waals surface area contributed by atoms with Gasteiger partial charge >= 0.3 is 47.1 Å². The second kappa shape index (κ2) is 1.94. The number of hydrogen-bond donors (Lipinski definition) is 2. The van der Waals surface area contributed by atoms with Gasteiger partial charge in [0, 0.05) is 0 Å². The van der Waals surface area contributed by atoms with Crippen LogP contribution < -0.4 is 5.73 Å². The van der Waals surface area contributed by atoms with Crippen LogP contribution >= 0.6 is 0 Å². The fraction of sp³-hybridized carbons (Fsp3) is 0. The Morgan fingerprint density at radius 1 is 2.00 bits per heavy atom. The van der Waals surface area contributed by atoms with E-state index >= 15 is 0 Å². The van der Waals surface area contributed by atoms with Crippen molar-refractivity contribution >= 4 is 2.24 Å². The molecule has 0 saturated carbocycles. The van der Waals surface area contributed by atoms with Crippen molar-refractivity contribution < 1.29 is 33.7 Å². The van der Waals surface area contributed by atoms with E-state index < -0.39 is 0 Å². The summed E-state index contributed by atoms with van der Waals surface area (Å²) in [6, 6.07) is 0. The number of hydrogen-bond acceptors (Lipinski definition) is 1. The molecular formula is CH3LaN2. The van der Waals surface area contributed by atoms with Crippen LogP contribution in [0.2, 0.25) is 0 Å². The maximum absolute atomic E-state index is 6.35. The molecule has 0 saturated heterocycles. The van der Waals surface area contributed by atoms with Gasteiger partial charge in [-0.1, -0.05) is 0 Å². The molecule has 0 aliphatic rings. The summed E-state index contributed by atoms with van der Waals surface area (Å²) in [7, 11) is 0. The Hall–Kier alpha value is 0.665. The van der Waals surface area contributed by atoms with E-state index in [1.807, 2.05) is 0 Å². The van der Waals surface area contributed by atoms with Crippen LogP contribution in [0.25, 0.3) is 0 Å². The summed E-state index contributed by atoms with van der Waals surface area (Å²) in [5.41, 5.74) is 4.77. The fourth-order valence-electron chi connectivity index (χ4n) is 0. The molecule has 0 heterocycles. The summed E-state index contributed by atoms with van der Waals surface area (Å²) in [5.74, 6) is 0. The van der Waals surface area contributed by atoms with Gasteiger partial charge in [-0.3, -0.25) is 0 Å². The molecule has 3 N–H and O–H groups in total. The number of nitrogens with one attached hydrogen (secondary N) is 1. The molecule has 0 aliphatic heterocycles. The Morgan fingerprint density at radius 2 is 2.00 bits per heavy atom. The Labute approximate surface area is 46.9 Å². The molecule has 0 aromatic rings. The van der Waals surface area contributed by atoms with E-state index in [0.717, 1.165) is 0 Å². The van der Waals surface area contributed by atoms with Crippen LogP contribution in [0.15, 0.2) is 0 Å². The monoisotopic (exact) mass is 182 g/mol. The van der Waals surface area contributed by atoms with E-state index in [0.29, 0.717) is 36.0 Å². The first kappa shape index (κ1) is 4.66. The van der Waals surface area contributed by atoms with Crippen molar-refractivity contribution in [1.82, 2.24) is 0 Å². The summed E-state index contributed by atoms with van der Waals surface area (Å²) in [6.07, 6.45) is 0. The Bertz CT molecular complexity index is 29.0. The molecule has 0 aromatic carbocycles. The number of nitrogens with two attached hydrogens (primary N) is 1. The molecular weight excluding hydrogens is 179 g/mol. The van der Waals surface area contributed by atoms with Crippen LogP contribution in [0.4, 0.5) is 0 Å². The van der Waals surface area contributed by atoms with Gasteiger partial charge in [0.05, 0.1) is 0 Å². The number of rotatable bonds is 0. The van der Waals surface area contributed by atoms with E-state index in [1.165, 1.54) is 0 Å². The van der Waals surface area contributed by atoms with Gasteiger partial charge in [0.15, 0.2) is 0 Å². The molecule has 0 aliphatic carbocycles. The zero-order valence-electron chi connectivity index (χ0n) is 2.15. The second-order valence-electron chi connectivity index (χ2n) is 0.455. The predicted octanol–water partition coefficient (Wildman–Crippen LogP) is -0.571. The molecule has 4 heavy (non-hydrogen) atoms. The van der Waals surface area contributed by atoms with Gasteiger partial charge in [-0.2, -0.15) is 0 Å². The van der Waals surface area contributed by atoms with Crippen molar-refractivity contribution in [3.63, 3.8) is 0 Å². The predicted molar refractivity (Wildman–Crippen MR) is 11.9 cm³/mol. The van der Waals surface area contributed by atoms with Crippen molar-refractivity contribution in [3.8, 4) is 0 Å². The van der Waals surface area contributed by atoms with Gasteiger partial charge < -0.3 is 0 Å². The van der Waals surface area contributed by atoms with E-state index in [2.05, 4.69) is 0 Å². The van der Waals surface area contributed by atoms with Crippen LogP contribution in [0, 0.1) is 39.1 Å². The zero-order chi connectivity index (χ0) is 3.58. The first-order chi connectivity index (χ1) is 1.73. The Balaban J connectivity index is 2.80. The molecule has 0 amide bonds. The van der Waals surface area contributed by atoms with Crippen molar-refractivity contribution in [2.24, 2.45) is 5.73 Å². The summed E-state index contributed by atoms with van der Waals surface area (Å²) in [6.45, 7) is 0. The molecule has 0 spiro atoms. The Morgan fingerprint density at radius 3 is 2.00 bits per heavy atom. The van der Waals surface area contributed by atoms with Gasteiger partial charge in [0.2, 0.25) is 0 Å². The molecule has 20 valence electrons. The van der Waals surface area contributed by atoms with Crippen molar-refractivity contribution in [2.45, 2.75) is 0 Å².